The molecule has 2 bridgehead atoms. The standard InChI is InChI=1S/C19H23N3O3/c23-13-19(22-11-8-20-14-22,16-4-2-1-3-5-16)18(24)25-17-12-21-9-6-15(17)7-10-21/h1-5,8,11,14-15,17,23H,6-7,9-10,12-13H2/t17-,19-/m0/s1. The van der Waals surface area contributed by atoms with E-state index in [-0.39, 0.29) is 12.7 Å². The number of ether oxygens (including phenoxy) is 1. The molecule has 0 aliphatic carbocycles. The fourth-order valence-corrected chi connectivity index (χ4v) is 4.09. The molecule has 6 heteroatoms. The van der Waals surface area contributed by atoms with Crippen molar-refractivity contribution in [1.29, 1.82) is 0 Å². The Hall–Kier alpha value is -2.18. The van der Waals surface area contributed by atoms with Gasteiger partial charge in [0.05, 0.1) is 12.9 Å². The van der Waals surface area contributed by atoms with Gasteiger partial charge in [-0.1, -0.05) is 30.3 Å². The van der Waals surface area contributed by atoms with Gasteiger partial charge >= 0.3 is 5.97 Å². The normalized spacial score (nSPS) is 27.6. The van der Waals surface area contributed by atoms with Crippen LogP contribution in [0.2, 0.25) is 0 Å². The molecule has 132 valence electrons. The zero-order chi connectivity index (χ0) is 17.3. The van der Waals surface area contributed by atoms with E-state index in [1.165, 1.54) is 0 Å². The molecule has 0 amide bonds. The van der Waals surface area contributed by atoms with Crippen LogP contribution in [0.15, 0.2) is 49.1 Å². The minimum atomic E-state index is -1.30. The van der Waals surface area contributed by atoms with Gasteiger partial charge in [-0.05, 0) is 37.4 Å². The SMILES string of the molecule is O=C(O[C@H]1CN2CCC1CC2)[C@](CO)(c1ccccc1)n1ccnc1. The lowest BCUT2D eigenvalue weighted by atomic mass is 9.85. The molecule has 2 aromatic rings. The topological polar surface area (TPSA) is 67.6 Å². The summed E-state index contributed by atoms with van der Waals surface area (Å²) in [6, 6.07) is 9.29. The molecule has 0 unspecified atom stereocenters. The maximum absolute atomic E-state index is 13.3. The molecule has 1 N–H and O–H groups in total. The third-order valence-corrected chi connectivity index (χ3v) is 5.62. The van der Waals surface area contributed by atoms with Crippen LogP contribution in [0.1, 0.15) is 18.4 Å². The lowest BCUT2D eigenvalue weighted by Crippen LogP contribution is -2.55. The van der Waals surface area contributed by atoms with Crippen molar-refractivity contribution >= 4 is 5.97 Å². The summed E-state index contributed by atoms with van der Waals surface area (Å²) in [5, 5.41) is 10.3. The number of aliphatic hydroxyl groups excluding tert-OH is 1. The predicted molar refractivity (Wildman–Crippen MR) is 91.9 cm³/mol. The van der Waals surface area contributed by atoms with E-state index in [2.05, 4.69) is 9.88 Å². The summed E-state index contributed by atoms with van der Waals surface area (Å²) in [5.74, 6) is 0.00172. The summed E-state index contributed by atoms with van der Waals surface area (Å²) in [6.45, 7) is 2.58. The van der Waals surface area contributed by atoms with E-state index in [1.54, 1.807) is 23.3 Å². The van der Waals surface area contributed by atoms with Gasteiger partial charge in [-0.15, -0.1) is 0 Å². The maximum Gasteiger partial charge on any atom is 0.339 e. The van der Waals surface area contributed by atoms with E-state index in [9.17, 15) is 9.90 Å². The van der Waals surface area contributed by atoms with Crippen molar-refractivity contribution in [2.24, 2.45) is 5.92 Å². The quantitative estimate of drug-likeness (QED) is 0.829. The number of benzene rings is 1. The number of hydrogen-bond donors (Lipinski definition) is 1. The number of nitrogens with zero attached hydrogens (tertiary/aromatic N) is 3. The van der Waals surface area contributed by atoms with Crippen LogP contribution in [-0.4, -0.2) is 57.9 Å². The number of piperidine rings is 3. The molecule has 25 heavy (non-hydrogen) atoms. The van der Waals surface area contributed by atoms with Gasteiger partial charge in [0.25, 0.3) is 0 Å². The van der Waals surface area contributed by atoms with Crippen molar-refractivity contribution in [2.45, 2.75) is 24.5 Å². The van der Waals surface area contributed by atoms with Gasteiger partial charge in [-0.25, -0.2) is 9.78 Å². The minimum Gasteiger partial charge on any atom is -0.459 e. The van der Waals surface area contributed by atoms with Gasteiger partial charge in [0.1, 0.15) is 6.10 Å². The summed E-state index contributed by atoms with van der Waals surface area (Å²) < 4.78 is 7.62. The molecular formula is C19H23N3O3. The molecule has 2 atom stereocenters. The van der Waals surface area contributed by atoms with Gasteiger partial charge in [0.2, 0.25) is 0 Å². The van der Waals surface area contributed by atoms with Crippen LogP contribution in [0.25, 0.3) is 0 Å². The van der Waals surface area contributed by atoms with E-state index in [1.807, 2.05) is 30.3 Å². The predicted octanol–water partition coefficient (Wildman–Crippen LogP) is 1.26. The number of aromatic nitrogens is 2. The number of rotatable bonds is 5. The molecule has 6 nitrogen and oxygen atoms in total. The van der Waals surface area contributed by atoms with E-state index in [0.717, 1.165) is 32.5 Å². The van der Waals surface area contributed by atoms with E-state index < -0.39 is 11.5 Å². The number of fused-ring (bicyclic) bond motifs is 3. The van der Waals surface area contributed by atoms with Crippen molar-refractivity contribution in [3.05, 3.63) is 54.6 Å². The first-order valence-electron chi connectivity index (χ1n) is 8.82. The molecular weight excluding hydrogens is 318 g/mol. The molecule has 3 saturated heterocycles. The summed E-state index contributed by atoms with van der Waals surface area (Å²) >= 11 is 0. The van der Waals surface area contributed by atoms with Crippen LogP contribution in [0, 0.1) is 5.92 Å². The molecule has 1 aromatic heterocycles. The molecule has 0 radical (unpaired) electrons. The Labute approximate surface area is 147 Å². The molecule has 3 aliphatic rings. The van der Waals surface area contributed by atoms with Crippen LogP contribution in [0.4, 0.5) is 0 Å². The van der Waals surface area contributed by atoms with Crippen molar-refractivity contribution in [1.82, 2.24) is 14.5 Å². The fourth-order valence-electron chi connectivity index (χ4n) is 4.09. The van der Waals surface area contributed by atoms with E-state index in [0.29, 0.717) is 11.5 Å². The first kappa shape index (κ1) is 16.3. The molecule has 3 aliphatic heterocycles. The van der Waals surface area contributed by atoms with Crippen molar-refractivity contribution in [3.8, 4) is 0 Å². The van der Waals surface area contributed by atoms with Crippen molar-refractivity contribution in [3.63, 3.8) is 0 Å². The van der Waals surface area contributed by atoms with Crippen LogP contribution in [-0.2, 0) is 15.1 Å². The first-order valence-corrected chi connectivity index (χ1v) is 8.82. The summed E-state index contributed by atoms with van der Waals surface area (Å²) in [4.78, 5) is 19.7. The second-order valence-electron chi connectivity index (χ2n) is 6.94. The van der Waals surface area contributed by atoms with Gasteiger partial charge in [0.15, 0.2) is 5.54 Å². The third kappa shape index (κ3) is 2.75. The smallest absolute Gasteiger partial charge is 0.339 e. The van der Waals surface area contributed by atoms with Crippen LogP contribution in [0.3, 0.4) is 0 Å². The molecule has 0 spiro atoms. The zero-order valence-electron chi connectivity index (χ0n) is 14.1. The monoisotopic (exact) mass is 341 g/mol. The van der Waals surface area contributed by atoms with Gasteiger partial charge in [-0.2, -0.15) is 0 Å². The Balaban J connectivity index is 1.67. The van der Waals surface area contributed by atoms with Crippen molar-refractivity contribution in [2.75, 3.05) is 26.2 Å². The Bertz CT molecular complexity index is 711. The Morgan fingerprint density at radius 3 is 2.60 bits per heavy atom. The molecule has 0 saturated carbocycles. The second-order valence-corrected chi connectivity index (χ2v) is 6.94. The van der Waals surface area contributed by atoms with Gasteiger partial charge < -0.3 is 14.4 Å². The molecule has 1 aromatic carbocycles. The number of carbonyl (C=O) groups excluding carboxylic acids is 1. The van der Waals surface area contributed by atoms with Crippen LogP contribution >= 0.6 is 0 Å². The highest BCUT2D eigenvalue weighted by Crippen LogP contribution is 2.33. The molecule has 5 rings (SSSR count). The van der Waals surface area contributed by atoms with Gasteiger partial charge in [-0.3, -0.25) is 4.90 Å². The molecule has 3 fully saturated rings. The average molecular weight is 341 g/mol. The second kappa shape index (κ2) is 6.61. The number of esters is 1. The van der Waals surface area contributed by atoms with Crippen molar-refractivity contribution < 1.29 is 14.6 Å². The Kier molecular flexibility index (Phi) is 4.31. The summed E-state index contributed by atoms with van der Waals surface area (Å²) in [5.41, 5.74) is -0.606. The number of aliphatic hydroxyl groups is 1. The first-order chi connectivity index (χ1) is 12.2. The highest BCUT2D eigenvalue weighted by atomic mass is 16.5. The fraction of sp³-hybridized carbons (Fsp3) is 0.474. The number of imidazole rings is 1. The van der Waals surface area contributed by atoms with Gasteiger partial charge in [0, 0.05) is 18.9 Å². The lowest BCUT2D eigenvalue weighted by molar-refractivity contribution is -0.169. The van der Waals surface area contributed by atoms with E-state index in [4.69, 9.17) is 4.74 Å². The number of hydrogen-bond acceptors (Lipinski definition) is 5. The Morgan fingerprint density at radius 2 is 2.04 bits per heavy atom. The number of carbonyl (C=O) groups is 1. The molecule has 4 heterocycles. The average Bonchev–Trinajstić information content (AvgIpc) is 3.20. The highest BCUT2D eigenvalue weighted by Gasteiger charge is 2.46. The minimum absolute atomic E-state index is 0.104. The summed E-state index contributed by atoms with van der Waals surface area (Å²) in [7, 11) is 0. The zero-order valence-corrected chi connectivity index (χ0v) is 14.1. The lowest BCUT2D eigenvalue weighted by Gasteiger charge is -2.45. The summed E-state index contributed by atoms with van der Waals surface area (Å²) in [6.07, 6.45) is 6.89. The maximum atomic E-state index is 13.3. The van der Waals surface area contributed by atoms with Crippen LogP contribution < -0.4 is 0 Å². The Morgan fingerprint density at radius 1 is 1.28 bits per heavy atom. The highest BCUT2D eigenvalue weighted by molar-refractivity contribution is 5.83. The largest absolute Gasteiger partial charge is 0.459 e. The third-order valence-electron chi connectivity index (χ3n) is 5.62. The van der Waals surface area contributed by atoms with Crippen LogP contribution in [0.5, 0.6) is 0 Å². The van der Waals surface area contributed by atoms with E-state index >= 15 is 0 Å².